The lowest BCUT2D eigenvalue weighted by Crippen LogP contribution is -2.37. The van der Waals surface area contributed by atoms with Crippen LogP contribution in [0.15, 0.2) is 27.4 Å². The molecule has 0 spiro atoms. The minimum Gasteiger partial charge on any atom is -0.455 e. The Balaban J connectivity index is 1.28. The number of likely N-dealkylation sites (tertiary alicyclic amines) is 1. The molecule has 0 atom stereocenters. The van der Waals surface area contributed by atoms with Crippen LogP contribution in [0.3, 0.4) is 0 Å². The van der Waals surface area contributed by atoms with E-state index in [-0.39, 0.29) is 17.4 Å². The maximum atomic E-state index is 12.9. The van der Waals surface area contributed by atoms with Crippen molar-refractivity contribution < 1.29 is 9.21 Å². The predicted molar refractivity (Wildman–Crippen MR) is 116 cm³/mol. The first-order valence-corrected chi connectivity index (χ1v) is 11.2. The highest BCUT2D eigenvalue weighted by Gasteiger charge is 2.28. The van der Waals surface area contributed by atoms with Gasteiger partial charge in [0.1, 0.15) is 5.76 Å². The molecule has 0 unspecified atom stereocenters. The summed E-state index contributed by atoms with van der Waals surface area (Å²) < 4.78 is 7.34. The van der Waals surface area contributed by atoms with Gasteiger partial charge in [-0.2, -0.15) is 0 Å². The van der Waals surface area contributed by atoms with E-state index in [1.165, 1.54) is 0 Å². The molecule has 3 aromatic rings. The number of carbonyl (C=O) groups is 1. The molecule has 8 nitrogen and oxygen atoms in total. The van der Waals surface area contributed by atoms with Gasteiger partial charge >= 0.3 is 0 Å². The largest absolute Gasteiger partial charge is 0.455 e. The van der Waals surface area contributed by atoms with Crippen molar-refractivity contribution in [1.82, 2.24) is 24.4 Å². The normalized spacial score (nSPS) is 17.5. The molecule has 0 bridgehead atoms. The van der Waals surface area contributed by atoms with Gasteiger partial charge in [-0.1, -0.05) is 0 Å². The van der Waals surface area contributed by atoms with Crippen LogP contribution >= 0.6 is 0 Å². The zero-order chi connectivity index (χ0) is 21.5. The van der Waals surface area contributed by atoms with Crippen LogP contribution in [0.25, 0.3) is 5.65 Å². The van der Waals surface area contributed by atoms with Crippen LogP contribution in [0.2, 0.25) is 0 Å². The van der Waals surface area contributed by atoms with Crippen LogP contribution < -0.4 is 5.56 Å². The molecule has 0 aromatic carbocycles. The van der Waals surface area contributed by atoms with Crippen LogP contribution in [-0.2, 0) is 19.4 Å². The van der Waals surface area contributed by atoms with Crippen LogP contribution in [-0.4, -0.2) is 57.5 Å². The highest BCUT2D eigenvalue weighted by atomic mass is 16.4. The number of nitrogens with zero attached hydrogens (tertiary/aromatic N) is 4. The number of aryl methyl sites for hydroxylation is 1. The van der Waals surface area contributed by atoms with E-state index >= 15 is 0 Å². The lowest BCUT2D eigenvalue weighted by atomic mass is 9.93. The van der Waals surface area contributed by atoms with E-state index in [1.807, 2.05) is 36.0 Å². The van der Waals surface area contributed by atoms with E-state index in [1.54, 1.807) is 10.6 Å². The topological polar surface area (TPSA) is 86.9 Å². The van der Waals surface area contributed by atoms with E-state index in [4.69, 9.17) is 9.40 Å². The van der Waals surface area contributed by atoms with Gasteiger partial charge in [-0.05, 0) is 64.8 Å². The molecule has 0 saturated carbocycles. The Morgan fingerprint density at radius 3 is 2.77 bits per heavy atom. The second-order valence-corrected chi connectivity index (χ2v) is 9.02. The first-order chi connectivity index (χ1) is 15.0. The number of rotatable bonds is 4. The number of carbonyl (C=O) groups excluding carboxylic acids is 1. The van der Waals surface area contributed by atoms with E-state index in [0.717, 1.165) is 61.2 Å². The standard InChI is InChI=1S/C23H29N5O3/c1-26(2)14-16-7-8-20(31-16)23(30)27-11-9-15(10-12-27)19-13-21-24-18-6-4-3-5-17(18)22(29)28(21)25-19/h7-8,13,15,25H,3-6,9-12,14H2,1-2H3. The Bertz CT molecular complexity index is 1160. The molecule has 1 aliphatic heterocycles. The molecule has 1 saturated heterocycles. The molecular formula is C23H29N5O3. The Morgan fingerprint density at radius 1 is 1.23 bits per heavy atom. The summed E-state index contributed by atoms with van der Waals surface area (Å²) in [4.78, 5) is 34.3. The molecule has 1 amide bonds. The number of amides is 1. The van der Waals surface area contributed by atoms with E-state index < -0.39 is 0 Å². The van der Waals surface area contributed by atoms with Crippen LogP contribution in [0.4, 0.5) is 0 Å². The first kappa shape index (κ1) is 20.1. The molecule has 164 valence electrons. The Hall–Kier alpha value is -2.87. The molecule has 3 aromatic heterocycles. The molecule has 8 heteroatoms. The minimum absolute atomic E-state index is 0.0462. The van der Waals surface area contributed by atoms with Crippen molar-refractivity contribution in [1.29, 1.82) is 0 Å². The third kappa shape index (κ3) is 3.80. The number of piperidine rings is 1. The molecule has 1 fully saturated rings. The first-order valence-electron chi connectivity index (χ1n) is 11.2. The third-order valence-corrected chi connectivity index (χ3v) is 6.47. The van der Waals surface area contributed by atoms with Gasteiger partial charge in [0.15, 0.2) is 11.4 Å². The van der Waals surface area contributed by atoms with Crippen molar-refractivity contribution in [3.8, 4) is 0 Å². The number of H-pyrrole nitrogens is 1. The lowest BCUT2D eigenvalue weighted by Gasteiger charge is -2.30. The number of hydrogen-bond acceptors (Lipinski definition) is 5. The monoisotopic (exact) mass is 423 g/mol. The molecule has 4 heterocycles. The Labute approximate surface area is 180 Å². The SMILES string of the molecule is CN(C)Cc1ccc(C(=O)N2CCC(c3cc4nc5c(c(=O)n4[nH]3)CCCC5)CC2)o1. The second kappa shape index (κ2) is 8.00. The molecule has 2 aliphatic rings. The average molecular weight is 424 g/mol. The molecule has 31 heavy (non-hydrogen) atoms. The second-order valence-electron chi connectivity index (χ2n) is 9.02. The third-order valence-electron chi connectivity index (χ3n) is 6.47. The van der Waals surface area contributed by atoms with Crippen molar-refractivity contribution in [3.05, 3.63) is 57.0 Å². The highest BCUT2D eigenvalue weighted by molar-refractivity contribution is 5.91. The van der Waals surface area contributed by atoms with Crippen molar-refractivity contribution in [2.75, 3.05) is 27.2 Å². The number of fused-ring (bicyclic) bond motifs is 2. The summed E-state index contributed by atoms with van der Waals surface area (Å²) in [7, 11) is 3.94. The fraction of sp³-hybridized carbons (Fsp3) is 0.522. The van der Waals surface area contributed by atoms with Crippen molar-refractivity contribution in [2.24, 2.45) is 0 Å². The van der Waals surface area contributed by atoms with Gasteiger partial charge in [-0.3, -0.25) is 14.7 Å². The highest BCUT2D eigenvalue weighted by Crippen LogP contribution is 2.29. The van der Waals surface area contributed by atoms with Crippen LogP contribution in [0.5, 0.6) is 0 Å². The van der Waals surface area contributed by atoms with Crippen LogP contribution in [0.1, 0.15) is 64.9 Å². The number of nitrogens with one attached hydrogen (secondary N) is 1. The smallest absolute Gasteiger partial charge is 0.289 e. The van der Waals surface area contributed by atoms with Gasteiger partial charge < -0.3 is 14.2 Å². The van der Waals surface area contributed by atoms with Gasteiger partial charge in [0, 0.05) is 36.3 Å². The number of aromatic amines is 1. The van der Waals surface area contributed by atoms with E-state index in [0.29, 0.717) is 31.0 Å². The summed E-state index contributed by atoms with van der Waals surface area (Å²) in [5.41, 5.74) is 3.62. The predicted octanol–water partition coefficient (Wildman–Crippen LogP) is 2.58. The molecule has 1 aliphatic carbocycles. The molecule has 1 N–H and O–H groups in total. The van der Waals surface area contributed by atoms with Gasteiger partial charge in [0.05, 0.1) is 12.2 Å². The maximum Gasteiger partial charge on any atom is 0.289 e. The Kier molecular flexibility index (Phi) is 5.17. The molecule has 0 radical (unpaired) electrons. The van der Waals surface area contributed by atoms with Crippen molar-refractivity contribution in [2.45, 2.75) is 51.0 Å². The fourth-order valence-electron chi connectivity index (χ4n) is 4.82. The summed E-state index contributed by atoms with van der Waals surface area (Å²) in [5, 5.41) is 3.30. The lowest BCUT2D eigenvalue weighted by molar-refractivity contribution is 0.0676. The quantitative estimate of drug-likeness (QED) is 0.697. The fourth-order valence-corrected chi connectivity index (χ4v) is 4.82. The number of aromatic nitrogens is 3. The minimum atomic E-state index is -0.0503. The number of furan rings is 1. The van der Waals surface area contributed by atoms with Crippen molar-refractivity contribution >= 4 is 11.6 Å². The van der Waals surface area contributed by atoms with Gasteiger partial charge in [-0.25, -0.2) is 9.50 Å². The molecular weight excluding hydrogens is 394 g/mol. The van der Waals surface area contributed by atoms with Crippen LogP contribution in [0, 0.1) is 0 Å². The summed E-state index contributed by atoms with van der Waals surface area (Å²) in [6.07, 6.45) is 5.57. The zero-order valence-electron chi connectivity index (χ0n) is 18.2. The summed E-state index contributed by atoms with van der Waals surface area (Å²) in [6.45, 7) is 2.01. The average Bonchev–Trinajstić information content (AvgIpc) is 3.40. The summed E-state index contributed by atoms with van der Waals surface area (Å²) in [5.74, 6) is 1.43. The summed E-state index contributed by atoms with van der Waals surface area (Å²) in [6, 6.07) is 5.65. The van der Waals surface area contributed by atoms with E-state index in [2.05, 4.69) is 5.10 Å². The maximum absolute atomic E-state index is 12.9. The summed E-state index contributed by atoms with van der Waals surface area (Å²) >= 11 is 0. The van der Waals surface area contributed by atoms with Gasteiger partial charge in [-0.15, -0.1) is 0 Å². The zero-order valence-corrected chi connectivity index (χ0v) is 18.2. The Morgan fingerprint density at radius 2 is 2.00 bits per heavy atom. The van der Waals surface area contributed by atoms with Gasteiger partial charge in [0.2, 0.25) is 0 Å². The molecule has 5 rings (SSSR count). The number of hydrogen-bond donors (Lipinski definition) is 1. The van der Waals surface area contributed by atoms with E-state index in [9.17, 15) is 9.59 Å². The van der Waals surface area contributed by atoms with Gasteiger partial charge in [0.25, 0.3) is 11.5 Å². The van der Waals surface area contributed by atoms with Crippen molar-refractivity contribution in [3.63, 3.8) is 0 Å².